The van der Waals surface area contributed by atoms with Crippen LogP contribution in [-0.2, 0) is 65.4 Å². The lowest BCUT2D eigenvalue weighted by Crippen LogP contribution is -2.30. The molecule has 4 unspecified atom stereocenters. The molecule has 17 nitrogen and oxygen atoms in total. The second kappa shape index (κ2) is 80.3. The molecule has 19 heteroatoms. The lowest BCUT2D eigenvalue weighted by atomic mass is 9.99. The quantitative estimate of drug-likeness (QED) is 0.0222. The molecule has 0 aromatic heterocycles. The van der Waals surface area contributed by atoms with E-state index in [2.05, 4.69) is 41.5 Å². The summed E-state index contributed by atoms with van der Waals surface area (Å²) < 4.78 is 69.1. The molecule has 0 heterocycles. The van der Waals surface area contributed by atoms with Gasteiger partial charge in [0, 0.05) is 25.7 Å². The van der Waals surface area contributed by atoms with Crippen molar-refractivity contribution >= 4 is 39.5 Å². The van der Waals surface area contributed by atoms with E-state index in [1.54, 1.807) is 0 Å². The molecular weight excluding hydrogens is 1400 g/mol. The number of ether oxygens (including phenoxy) is 4. The minimum absolute atomic E-state index is 0.108. The van der Waals surface area contributed by atoms with E-state index in [1.807, 2.05) is 0 Å². The topological polar surface area (TPSA) is 237 Å². The SMILES string of the molecule is CCCCCCCCCCCCCCCCCCCCCC(=O)O[C@H](COC(=O)CCCCCCCCCCCCCCCCC(C)CC)COP(=O)(O)OC[C@@H](O)COP(=O)(O)OC[C@@H](COC(=O)CCCCCCCCCCCCCCC)OC(=O)CCCCCCCCCCCCCCCCC(C)CC. The van der Waals surface area contributed by atoms with Gasteiger partial charge in [-0.3, -0.25) is 37.3 Å². The molecule has 0 saturated heterocycles. The second-order valence-corrected chi connectivity index (χ2v) is 35.4. The largest absolute Gasteiger partial charge is 0.472 e. The summed E-state index contributed by atoms with van der Waals surface area (Å²) in [5, 5.41) is 10.7. The number of carbonyl (C=O) groups excluding carboxylic acids is 4. The maximum absolute atomic E-state index is 13.2. The maximum Gasteiger partial charge on any atom is 0.472 e. The van der Waals surface area contributed by atoms with Gasteiger partial charge in [0.2, 0.25) is 0 Å². The molecule has 108 heavy (non-hydrogen) atoms. The summed E-state index contributed by atoms with van der Waals surface area (Å²) in [6, 6.07) is 0. The first-order chi connectivity index (χ1) is 52.4. The van der Waals surface area contributed by atoms with E-state index in [4.69, 9.17) is 37.0 Å². The summed E-state index contributed by atoms with van der Waals surface area (Å²) in [5.41, 5.74) is 0. The summed E-state index contributed by atoms with van der Waals surface area (Å²) in [6.07, 6.45) is 73.3. The van der Waals surface area contributed by atoms with Crippen LogP contribution < -0.4 is 0 Å². The first-order valence-corrected chi connectivity index (χ1v) is 49.1. The average molecular weight is 1580 g/mol. The van der Waals surface area contributed by atoms with Crippen molar-refractivity contribution in [1.29, 1.82) is 0 Å². The van der Waals surface area contributed by atoms with Crippen LogP contribution in [0.5, 0.6) is 0 Å². The van der Waals surface area contributed by atoms with Gasteiger partial charge < -0.3 is 33.8 Å². The minimum Gasteiger partial charge on any atom is -0.462 e. The van der Waals surface area contributed by atoms with E-state index in [0.717, 1.165) is 102 Å². The molecule has 0 fully saturated rings. The Labute approximate surface area is 664 Å². The Morgan fingerprint density at radius 1 is 0.259 bits per heavy atom. The Bertz CT molecular complexity index is 2070. The summed E-state index contributed by atoms with van der Waals surface area (Å²) in [7, 11) is -9.93. The zero-order chi connectivity index (χ0) is 79.2. The molecule has 0 amide bonds. The smallest absolute Gasteiger partial charge is 0.462 e. The molecule has 0 spiro atoms. The summed E-state index contributed by atoms with van der Waals surface area (Å²) in [4.78, 5) is 73.4. The zero-order valence-corrected chi connectivity index (χ0v) is 73.0. The number of aliphatic hydroxyl groups excluding tert-OH is 1. The van der Waals surface area contributed by atoms with Crippen LogP contribution in [-0.4, -0.2) is 96.7 Å². The Hall–Kier alpha value is -1.94. The first-order valence-electron chi connectivity index (χ1n) is 46.1. The average Bonchev–Trinajstić information content (AvgIpc) is 0.897. The van der Waals surface area contributed by atoms with Crippen molar-refractivity contribution in [2.24, 2.45) is 11.8 Å². The van der Waals surface area contributed by atoms with Crippen molar-refractivity contribution in [2.45, 2.75) is 496 Å². The van der Waals surface area contributed by atoms with Crippen molar-refractivity contribution in [3.63, 3.8) is 0 Å². The van der Waals surface area contributed by atoms with Gasteiger partial charge in [-0.05, 0) is 37.5 Å². The van der Waals surface area contributed by atoms with Gasteiger partial charge >= 0.3 is 39.5 Å². The minimum atomic E-state index is -4.97. The fourth-order valence-corrected chi connectivity index (χ4v) is 15.5. The zero-order valence-electron chi connectivity index (χ0n) is 71.2. The molecule has 0 bridgehead atoms. The van der Waals surface area contributed by atoms with E-state index >= 15 is 0 Å². The first kappa shape index (κ1) is 106. The molecule has 0 aromatic carbocycles. The number of esters is 4. The monoisotopic (exact) mass is 1580 g/mol. The highest BCUT2D eigenvalue weighted by atomic mass is 31.2. The number of rotatable bonds is 88. The van der Waals surface area contributed by atoms with Crippen LogP contribution in [0.25, 0.3) is 0 Å². The highest BCUT2D eigenvalue weighted by Crippen LogP contribution is 2.45. The molecule has 0 radical (unpaired) electrons. The third-order valence-electron chi connectivity index (χ3n) is 21.7. The molecule has 7 atom stereocenters. The van der Waals surface area contributed by atoms with Gasteiger partial charge in [0.05, 0.1) is 26.4 Å². The van der Waals surface area contributed by atoms with Crippen molar-refractivity contribution < 1.29 is 80.2 Å². The van der Waals surface area contributed by atoms with Gasteiger partial charge in [-0.25, -0.2) is 9.13 Å². The van der Waals surface area contributed by atoms with Gasteiger partial charge in [0.1, 0.15) is 19.3 Å². The van der Waals surface area contributed by atoms with Gasteiger partial charge in [-0.15, -0.1) is 0 Å². The van der Waals surface area contributed by atoms with Gasteiger partial charge in [-0.1, -0.05) is 427 Å². The molecule has 0 aliphatic rings. The number of carbonyl (C=O) groups is 4. The Kier molecular flexibility index (Phi) is 78.8. The van der Waals surface area contributed by atoms with Crippen LogP contribution in [0.15, 0.2) is 0 Å². The van der Waals surface area contributed by atoms with Gasteiger partial charge in [-0.2, -0.15) is 0 Å². The Balaban J connectivity index is 5.27. The van der Waals surface area contributed by atoms with Crippen LogP contribution >= 0.6 is 15.6 Å². The molecule has 0 aliphatic carbocycles. The number of phosphoric ester groups is 2. The molecule has 0 rings (SSSR count). The number of aliphatic hydroxyl groups is 1. The normalized spacial score (nSPS) is 14.3. The lowest BCUT2D eigenvalue weighted by Gasteiger charge is -2.21. The van der Waals surface area contributed by atoms with Crippen molar-refractivity contribution in [2.75, 3.05) is 39.6 Å². The van der Waals surface area contributed by atoms with E-state index in [-0.39, 0.29) is 25.7 Å². The summed E-state index contributed by atoms with van der Waals surface area (Å²) in [5.74, 6) is -0.399. The number of hydrogen-bond acceptors (Lipinski definition) is 15. The van der Waals surface area contributed by atoms with E-state index in [1.165, 1.54) is 295 Å². The predicted molar refractivity (Wildman–Crippen MR) is 446 cm³/mol. The van der Waals surface area contributed by atoms with Crippen molar-refractivity contribution in [3.8, 4) is 0 Å². The van der Waals surface area contributed by atoms with Crippen LogP contribution in [0.4, 0.5) is 0 Å². The van der Waals surface area contributed by atoms with E-state index < -0.39 is 97.5 Å². The van der Waals surface area contributed by atoms with Crippen LogP contribution in [0.3, 0.4) is 0 Å². The Morgan fingerprint density at radius 3 is 0.657 bits per heavy atom. The molecule has 642 valence electrons. The van der Waals surface area contributed by atoms with Crippen LogP contribution in [0, 0.1) is 11.8 Å². The second-order valence-electron chi connectivity index (χ2n) is 32.5. The van der Waals surface area contributed by atoms with Crippen molar-refractivity contribution in [1.82, 2.24) is 0 Å². The number of phosphoric acid groups is 2. The standard InChI is InChI=1S/C89H174O17P2/c1-7-11-13-15-17-19-21-23-24-25-26-27-28-37-43-49-55-61-67-73-88(93)105-85(78-100-87(92)72-66-60-54-48-42-36-31-29-34-39-45-51-57-63-69-81(5)9-3)80-104-108(97,98)102-76-83(90)75-101-107(95,96)103-79-84(77-99-86(91)71-65-59-53-47-41-33-22-20-18-16-14-12-8-2)106-89(94)74-68-62-56-50-44-38-32-30-35-40-46-52-58-64-70-82(6)10-4/h81-85,90H,7-80H2,1-6H3,(H,95,96)(H,97,98)/t81?,82?,83-,84+,85+/m0/s1. The molecule has 3 N–H and O–H groups in total. The van der Waals surface area contributed by atoms with Crippen LogP contribution in [0.2, 0.25) is 0 Å². The number of unbranched alkanes of at least 4 members (excludes halogenated alkanes) is 56. The van der Waals surface area contributed by atoms with E-state index in [0.29, 0.717) is 25.7 Å². The fourth-order valence-electron chi connectivity index (χ4n) is 13.9. The molecule has 0 aromatic rings. The Morgan fingerprint density at radius 2 is 0.444 bits per heavy atom. The highest BCUT2D eigenvalue weighted by Gasteiger charge is 2.31. The maximum atomic E-state index is 13.2. The molecule has 0 aliphatic heterocycles. The van der Waals surface area contributed by atoms with Gasteiger partial charge in [0.15, 0.2) is 12.2 Å². The highest BCUT2D eigenvalue weighted by molar-refractivity contribution is 7.47. The third kappa shape index (κ3) is 79.3. The van der Waals surface area contributed by atoms with Gasteiger partial charge in [0.25, 0.3) is 0 Å². The summed E-state index contributed by atoms with van der Waals surface area (Å²) in [6.45, 7) is 9.81. The van der Waals surface area contributed by atoms with Crippen LogP contribution in [0.1, 0.15) is 478 Å². The molecule has 0 saturated carbocycles. The molecular formula is C89H174O17P2. The third-order valence-corrected chi connectivity index (χ3v) is 23.6. The summed E-state index contributed by atoms with van der Waals surface area (Å²) >= 11 is 0. The van der Waals surface area contributed by atoms with Crippen molar-refractivity contribution in [3.05, 3.63) is 0 Å². The predicted octanol–water partition coefficient (Wildman–Crippen LogP) is 27.4. The lowest BCUT2D eigenvalue weighted by molar-refractivity contribution is -0.161. The van der Waals surface area contributed by atoms with E-state index in [9.17, 15) is 43.2 Å². The fraction of sp³-hybridized carbons (Fsp3) is 0.955. The number of hydrogen-bond donors (Lipinski definition) is 3.